The van der Waals surface area contributed by atoms with Gasteiger partial charge in [-0.2, -0.15) is 0 Å². The first-order chi connectivity index (χ1) is 8.58. The molecule has 0 bridgehead atoms. The minimum atomic E-state index is -0.258. The average Bonchev–Trinajstić information content (AvgIpc) is 2.37. The first-order valence-corrected chi connectivity index (χ1v) is 5.64. The molecule has 98 valence electrons. The van der Waals surface area contributed by atoms with E-state index in [2.05, 4.69) is 16.1 Å². The van der Waals surface area contributed by atoms with E-state index in [4.69, 9.17) is 5.84 Å². The number of nitrogens with two attached hydrogens (primary N) is 1. The van der Waals surface area contributed by atoms with Gasteiger partial charge in [0, 0.05) is 20.0 Å². The Labute approximate surface area is 106 Å². The number of hydrazine groups is 1. The van der Waals surface area contributed by atoms with Crippen molar-refractivity contribution in [2.75, 3.05) is 19.0 Å². The maximum atomic E-state index is 11.9. The van der Waals surface area contributed by atoms with Crippen molar-refractivity contribution < 1.29 is 9.59 Å². The monoisotopic (exact) mass is 250 g/mol. The van der Waals surface area contributed by atoms with Crippen molar-refractivity contribution in [1.82, 2.24) is 10.6 Å². The zero-order valence-electron chi connectivity index (χ0n) is 10.5. The molecule has 0 heterocycles. The van der Waals surface area contributed by atoms with Gasteiger partial charge in [0.25, 0.3) is 5.91 Å². The number of carbonyl (C=O) groups excluding carboxylic acids is 2. The number of hydrogen-bond acceptors (Lipinski definition) is 4. The van der Waals surface area contributed by atoms with Crippen LogP contribution in [0.3, 0.4) is 0 Å². The summed E-state index contributed by atoms with van der Waals surface area (Å²) in [6, 6.07) is 5.31. The second-order valence-corrected chi connectivity index (χ2v) is 3.87. The lowest BCUT2D eigenvalue weighted by Gasteiger charge is -2.10. The maximum Gasteiger partial charge on any atom is 0.253 e. The van der Waals surface area contributed by atoms with Crippen LogP contribution in [0.1, 0.15) is 22.3 Å². The molecule has 6 heteroatoms. The molecule has 6 nitrogen and oxygen atoms in total. The molecule has 2 amide bonds. The highest BCUT2D eigenvalue weighted by atomic mass is 16.2. The van der Waals surface area contributed by atoms with Crippen LogP contribution in [-0.4, -0.2) is 25.4 Å². The Morgan fingerprint density at radius 3 is 2.67 bits per heavy atom. The molecule has 0 saturated heterocycles. The smallest absolute Gasteiger partial charge is 0.253 e. The molecular formula is C12H18N4O2. The zero-order chi connectivity index (χ0) is 13.5. The topological polar surface area (TPSA) is 96.2 Å². The SMILES string of the molecule is CNC(=O)CCNC(=O)c1ccc(C)cc1NN. The number of nitrogens with one attached hydrogen (secondary N) is 3. The third-order valence-corrected chi connectivity index (χ3v) is 2.49. The van der Waals surface area contributed by atoms with E-state index in [9.17, 15) is 9.59 Å². The normalized spacial score (nSPS) is 9.72. The van der Waals surface area contributed by atoms with Gasteiger partial charge in [-0.15, -0.1) is 0 Å². The Bertz CT molecular complexity index is 446. The van der Waals surface area contributed by atoms with Crippen LogP contribution in [0, 0.1) is 6.92 Å². The molecule has 0 aromatic heterocycles. The molecule has 0 atom stereocenters. The van der Waals surface area contributed by atoms with Crippen molar-refractivity contribution in [3.63, 3.8) is 0 Å². The van der Waals surface area contributed by atoms with Gasteiger partial charge in [-0.3, -0.25) is 15.4 Å². The van der Waals surface area contributed by atoms with E-state index >= 15 is 0 Å². The van der Waals surface area contributed by atoms with Gasteiger partial charge in [0.05, 0.1) is 11.3 Å². The van der Waals surface area contributed by atoms with Gasteiger partial charge in [-0.05, 0) is 24.6 Å². The van der Waals surface area contributed by atoms with Gasteiger partial charge in [0.15, 0.2) is 0 Å². The number of rotatable bonds is 5. The van der Waals surface area contributed by atoms with Crippen LogP contribution >= 0.6 is 0 Å². The predicted molar refractivity (Wildman–Crippen MR) is 70.0 cm³/mol. The molecule has 0 saturated carbocycles. The van der Waals surface area contributed by atoms with Crippen LogP contribution in [0.15, 0.2) is 18.2 Å². The lowest BCUT2D eigenvalue weighted by atomic mass is 10.1. The molecular weight excluding hydrogens is 232 g/mol. The lowest BCUT2D eigenvalue weighted by molar-refractivity contribution is -0.120. The minimum absolute atomic E-state index is 0.114. The summed E-state index contributed by atoms with van der Waals surface area (Å²) < 4.78 is 0. The van der Waals surface area contributed by atoms with Gasteiger partial charge < -0.3 is 16.1 Å². The molecule has 18 heavy (non-hydrogen) atoms. The molecule has 0 spiro atoms. The summed E-state index contributed by atoms with van der Waals surface area (Å²) in [6.45, 7) is 2.20. The Morgan fingerprint density at radius 1 is 1.33 bits per heavy atom. The van der Waals surface area contributed by atoms with Crippen molar-refractivity contribution in [3.8, 4) is 0 Å². The second kappa shape index (κ2) is 6.61. The van der Waals surface area contributed by atoms with Gasteiger partial charge in [-0.25, -0.2) is 0 Å². The second-order valence-electron chi connectivity index (χ2n) is 3.87. The Morgan fingerprint density at radius 2 is 2.06 bits per heavy atom. The van der Waals surface area contributed by atoms with Crippen LogP contribution in [-0.2, 0) is 4.79 Å². The first-order valence-electron chi connectivity index (χ1n) is 5.64. The molecule has 0 fully saturated rings. The Kier molecular flexibility index (Phi) is 5.13. The molecule has 0 aliphatic heterocycles. The van der Waals surface area contributed by atoms with Crippen molar-refractivity contribution in [2.24, 2.45) is 5.84 Å². The quantitative estimate of drug-likeness (QED) is 0.441. The van der Waals surface area contributed by atoms with Crippen LogP contribution in [0.2, 0.25) is 0 Å². The fraction of sp³-hybridized carbons (Fsp3) is 0.333. The standard InChI is InChI=1S/C12H18N4O2/c1-8-3-4-9(10(7-8)16-13)12(18)15-6-5-11(17)14-2/h3-4,7,16H,5-6,13H2,1-2H3,(H,14,17)(H,15,18). The highest BCUT2D eigenvalue weighted by Crippen LogP contribution is 2.16. The van der Waals surface area contributed by atoms with E-state index in [0.717, 1.165) is 5.56 Å². The molecule has 0 radical (unpaired) electrons. The summed E-state index contributed by atoms with van der Waals surface area (Å²) in [4.78, 5) is 22.9. The van der Waals surface area contributed by atoms with Crippen LogP contribution in [0.5, 0.6) is 0 Å². The van der Waals surface area contributed by atoms with E-state index in [1.165, 1.54) is 0 Å². The number of hydrogen-bond donors (Lipinski definition) is 4. The number of anilines is 1. The Balaban J connectivity index is 2.64. The van der Waals surface area contributed by atoms with E-state index in [-0.39, 0.29) is 24.8 Å². The van der Waals surface area contributed by atoms with E-state index in [1.807, 2.05) is 13.0 Å². The van der Waals surface area contributed by atoms with Gasteiger partial charge in [0.1, 0.15) is 0 Å². The van der Waals surface area contributed by atoms with Crippen molar-refractivity contribution in [2.45, 2.75) is 13.3 Å². The largest absolute Gasteiger partial charge is 0.359 e. The summed E-state index contributed by atoms with van der Waals surface area (Å²) in [5.74, 6) is 4.99. The molecule has 0 unspecified atom stereocenters. The minimum Gasteiger partial charge on any atom is -0.359 e. The third kappa shape index (κ3) is 3.74. The van der Waals surface area contributed by atoms with E-state index in [1.54, 1.807) is 19.2 Å². The van der Waals surface area contributed by atoms with Gasteiger partial charge in [0.2, 0.25) is 5.91 Å². The number of carbonyl (C=O) groups is 2. The lowest BCUT2D eigenvalue weighted by Crippen LogP contribution is -2.30. The molecule has 0 aliphatic rings. The maximum absolute atomic E-state index is 11.9. The van der Waals surface area contributed by atoms with Crippen molar-refractivity contribution in [3.05, 3.63) is 29.3 Å². The zero-order valence-corrected chi connectivity index (χ0v) is 10.5. The van der Waals surface area contributed by atoms with Crippen LogP contribution < -0.4 is 21.9 Å². The van der Waals surface area contributed by atoms with Crippen molar-refractivity contribution >= 4 is 17.5 Å². The number of benzene rings is 1. The third-order valence-electron chi connectivity index (χ3n) is 2.49. The molecule has 1 aromatic rings. The fourth-order valence-electron chi connectivity index (χ4n) is 1.49. The summed E-state index contributed by atoms with van der Waals surface area (Å²) in [5, 5.41) is 5.15. The summed E-state index contributed by atoms with van der Waals surface area (Å²) in [5.41, 5.74) is 4.51. The summed E-state index contributed by atoms with van der Waals surface area (Å²) in [7, 11) is 1.56. The van der Waals surface area contributed by atoms with Gasteiger partial charge in [-0.1, -0.05) is 6.07 Å². The number of amides is 2. The highest BCUT2D eigenvalue weighted by molar-refractivity contribution is 5.99. The molecule has 1 aromatic carbocycles. The number of aryl methyl sites for hydroxylation is 1. The van der Waals surface area contributed by atoms with Crippen molar-refractivity contribution in [1.29, 1.82) is 0 Å². The number of nitrogen functional groups attached to an aromatic ring is 1. The summed E-state index contributed by atoms with van der Waals surface area (Å²) in [6.07, 6.45) is 0.249. The van der Waals surface area contributed by atoms with E-state index < -0.39 is 0 Å². The summed E-state index contributed by atoms with van der Waals surface area (Å²) >= 11 is 0. The highest BCUT2D eigenvalue weighted by Gasteiger charge is 2.10. The first kappa shape index (κ1) is 14.0. The molecule has 1 rings (SSSR count). The fourth-order valence-corrected chi connectivity index (χ4v) is 1.49. The predicted octanol–water partition coefficient (Wildman–Crippen LogP) is 0.147. The Hall–Kier alpha value is -2.08. The van der Waals surface area contributed by atoms with E-state index in [0.29, 0.717) is 11.3 Å². The van der Waals surface area contributed by atoms with Crippen LogP contribution in [0.4, 0.5) is 5.69 Å². The van der Waals surface area contributed by atoms with Crippen LogP contribution in [0.25, 0.3) is 0 Å². The molecule has 5 N–H and O–H groups in total. The average molecular weight is 250 g/mol. The van der Waals surface area contributed by atoms with Gasteiger partial charge >= 0.3 is 0 Å². The molecule has 0 aliphatic carbocycles.